The fourth-order valence-corrected chi connectivity index (χ4v) is 22.2. The van der Waals surface area contributed by atoms with E-state index in [2.05, 4.69) is 99.9 Å². The molecule has 103 heavy (non-hydrogen) atoms. The molecule has 582 valence electrons. The minimum absolute atomic E-state index is 0.0372. The van der Waals surface area contributed by atoms with Gasteiger partial charge in [0.15, 0.2) is 47.0 Å². The summed E-state index contributed by atoms with van der Waals surface area (Å²) < 4.78 is 183. The number of aliphatic hydroxyl groups excluding tert-OH is 3. The molecule has 9 heterocycles. The molecule has 0 spiro atoms. The van der Waals surface area contributed by atoms with Gasteiger partial charge >= 0.3 is 46.9 Å². The fourth-order valence-electron chi connectivity index (χ4n) is 9.25. The first-order valence-corrected chi connectivity index (χ1v) is 45.2. The zero-order valence-corrected chi connectivity index (χ0v) is 62.9. The van der Waals surface area contributed by atoms with Crippen molar-refractivity contribution in [3.05, 3.63) is 61.7 Å². The number of H-pyrrole nitrogens is 3. The van der Waals surface area contributed by atoms with Gasteiger partial charge in [0.05, 0.1) is 31.5 Å². The van der Waals surface area contributed by atoms with Gasteiger partial charge in [-0.2, -0.15) is 27.9 Å². The molecule has 3 aliphatic heterocycles. The first-order valence-electron chi connectivity index (χ1n) is 26.2. The van der Waals surface area contributed by atoms with Crippen molar-refractivity contribution in [1.29, 1.82) is 0 Å². The van der Waals surface area contributed by atoms with Crippen molar-refractivity contribution in [2.24, 2.45) is 0 Å². The Morgan fingerprint density at radius 2 is 0.835 bits per heavy atom. The van der Waals surface area contributed by atoms with Crippen molar-refractivity contribution >= 4 is 180 Å². The van der Waals surface area contributed by atoms with Crippen molar-refractivity contribution in [3.63, 3.8) is 0 Å². The zero-order valence-electron chi connectivity index (χ0n) is 49.6. The fraction of sp³-hybridized carbons (Fsp3) is 0.514. The van der Waals surface area contributed by atoms with Crippen LogP contribution < -0.4 is 33.9 Å². The molecule has 0 aliphatic carbocycles. The van der Waals surface area contributed by atoms with Crippen LogP contribution in [0.2, 0.25) is 0 Å². The van der Waals surface area contributed by atoms with Crippen LogP contribution in [0.5, 0.6) is 0 Å². The van der Waals surface area contributed by atoms with Crippen LogP contribution in [0, 0.1) is 5.82 Å². The van der Waals surface area contributed by atoms with Gasteiger partial charge in [0.25, 0.3) is 38.4 Å². The molecule has 6 aromatic rings. The third kappa shape index (κ3) is 21.4. The van der Waals surface area contributed by atoms with Gasteiger partial charge in [-0.05, 0) is 31.6 Å². The maximum atomic E-state index is 14.4. The van der Waals surface area contributed by atoms with Crippen molar-refractivity contribution < 1.29 is 173 Å². The molecule has 24 N–H and O–H groups in total. The summed E-state index contributed by atoms with van der Waals surface area (Å²) in [5.41, 5.74) is 13.3. The van der Waals surface area contributed by atoms with Crippen LogP contribution in [0.1, 0.15) is 18.7 Å². The third-order valence-corrected chi connectivity index (χ3v) is 28.6. The normalized spacial score (nSPS) is 29.0. The van der Waals surface area contributed by atoms with E-state index >= 15 is 0 Å². The largest absolute Gasteiger partial charge is 0.488 e. The van der Waals surface area contributed by atoms with Gasteiger partial charge in [-0.3, -0.25) is 47.5 Å². The lowest BCUT2D eigenvalue weighted by atomic mass is 10.00. The van der Waals surface area contributed by atoms with Crippen LogP contribution in [-0.2, 0) is 81.0 Å². The number of nitrogen functional groups attached to an aromatic ring is 3. The van der Waals surface area contributed by atoms with Gasteiger partial charge in [0.2, 0.25) is 17.8 Å². The zero-order chi connectivity index (χ0) is 77.9. The van der Waals surface area contributed by atoms with Crippen molar-refractivity contribution in [3.8, 4) is 0 Å². The van der Waals surface area contributed by atoms with Gasteiger partial charge in [0.1, 0.15) is 76.7 Å². The number of nitrogens with one attached hydrogen (secondary N) is 3. The first-order chi connectivity index (χ1) is 46.8. The average molecular weight is 1780 g/mol. The van der Waals surface area contributed by atoms with Crippen LogP contribution in [0.3, 0.4) is 0 Å². The topological polar surface area (TPSA) is 760 Å². The number of aromatic nitrogens is 10. The number of hydrogen-bond acceptors (Lipinski definition) is 31. The number of nitrogens with zero attached hydrogens (tertiary/aromatic N) is 7. The summed E-state index contributed by atoms with van der Waals surface area (Å²) in [6, 6.07) is 1.30. The number of nitrogens with two attached hydrogens (primary N) is 3. The van der Waals surface area contributed by atoms with Crippen LogP contribution >= 0.6 is 129 Å². The second-order valence-corrected chi connectivity index (χ2v) is 41.6. The number of phosphoric acid groups is 6. The molecule has 9 unspecified atom stereocenters. The monoisotopic (exact) mass is 1780 g/mol. The second-order valence-electron chi connectivity index (χ2n) is 20.6. The van der Waals surface area contributed by atoms with E-state index in [0.29, 0.717) is 6.20 Å². The molecule has 3 aliphatic rings. The average Bonchev–Trinajstić information content (AvgIpc) is 1.61. The number of rotatable bonds is 27. The molecule has 0 bridgehead atoms. The highest BCUT2D eigenvalue weighted by molar-refractivity contribution is 7.92. The number of alkyl halides is 6. The number of imidazole rings is 1. The number of hydrogen-bond donors (Lipinski definition) is 21. The summed E-state index contributed by atoms with van der Waals surface area (Å²) in [6.07, 6.45) is -12.7. The first kappa shape index (κ1) is 87.9. The van der Waals surface area contributed by atoms with Crippen LogP contribution in [0.15, 0.2) is 39.2 Å². The second kappa shape index (κ2) is 32.2. The Kier molecular flexibility index (Phi) is 27.5. The molecule has 68 heteroatoms. The van der Waals surface area contributed by atoms with E-state index in [1.165, 1.54) is 12.3 Å². The Morgan fingerprint density at radius 1 is 0.505 bits per heavy atom. The Hall–Kier alpha value is -2.33. The Bertz CT molecular complexity index is 4650. The van der Waals surface area contributed by atoms with Crippen LogP contribution in [0.4, 0.5) is 35.4 Å². The van der Waals surface area contributed by atoms with Gasteiger partial charge < -0.3 is 115 Å². The smallest absolute Gasteiger partial charge is 0.388 e. The summed E-state index contributed by atoms with van der Waals surface area (Å²) in [5, 5.41) is 31.0. The predicted molar refractivity (Wildman–Crippen MR) is 348 cm³/mol. The number of anilines is 3. The molecular formula is C35H52Cl3F4N13O36P12. The van der Waals surface area contributed by atoms with E-state index in [9.17, 15) is 104 Å². The number of fused-ring (bicyclic) bond motifs is 3. The Morgan fingerprint density at radius 3 is 1.20 bits per heavy atom. The van der Waals surface area contributed by atoms with Gasteiger partial charge in [-0.1, -0.05) is 0 Å². The number of halogens is 7. The molecule has 0 saturated carbocycles. The molecule has 3 saturated heterocycles. The number of ether oxygens (including phenoxy) is 3. The molecule has 0 aromatic carbocycles. The molecule has 6 aromatic heterocycles. The van der Waals surface area contributed by atoms with Crippen molar-refractivity contribution in [1.82, 2.24) is 48.6 Å². The molecule has 0 amide bonds. The maximum absolute atomic E-state index is 14.4. The summed E-state index contributed by atoms with van der Waals surface area (Å²) in [6.45, 7) is -7.49. The minimum atomic E-state index is -5.56. The van der Waals surface area contributed by atoms with Gasteiger partial charge in [0, 0.05) is 12.4 Å². The van der Waals surface area contributed by atoms with E-state index < -0.39 is 218 Å². The Balaban J connectivity index is 0.000000216. The van der Waals surface area contributed by atoms with E-state index in [0.717, 1.165) is 20.0 Å². The SMILES string of the molecule is Nc1nc2c(c(F)cn2[C@@H]2O[C@H](COP(=O)(O)OP(=O)(O)OP(O)(O)=P)[C@H](O)C2(Cl)CF)c(=O)[nH]1.Nc1nc2c(ccn2[C@@H]2O[C@H](COP(=O)(O)OP(=O)(O)OP(O)(O)=P)[C@H](O)C2(Cl)CF)c(=O)[nH]1.Nc1nc2c(ncn2[C@@H]2O[C@H](COP(=O)(O)OP(=O)(O)OP(O)(O)=P)[C@H](O)C2(Cl)CF)c(=O)[nH]1. The van der Waals surface area contributed by atoms with Crippen molar-refractivity contribution in [2.75, 3.05) is 57.0 Å². The molecule has 9 rings (SSSR count). The molecule has 18 atom stereocenters. The highest BCUT2D eigenvalue weighted by atomic mass is 35.5. The number of aliphatic hydroxyl groups is 3. The molecule has 49 nitrogen and oxygen atoms in total. The standard InChI is InChI=1S/C12H17ClF2N4O12P4.C12H18ClFN4O12P4.C11H17ClFN5O12P4/c13-12(3-14)7(20)5(2-28-33(22,23)30-34(24,25)31-35(26,27)32)29-10(12)19-1-4(15)6-8(19)17-11(16)18-9(6)21;13-12(4-14)7(19)6(3-27-32(21,22)29-33(23,24)30-34(25,26)31)28-10(12)18-2-1-5-8(18)16-11(15)17-9(5)20;12-11(2-13)6(19)4(1-27-32(21,22)29-33(23,24)30-34(25,26)31)28-9(11)18-3-15-5-7(18)16-10(14)17-8(5)20/h1,5,7,10,20,26-27,32H,2-3H2,(H,22,23)(H,24,25)(H3,16,17,18,21);1-2,6-7,10,19,25-26,31H,3-4H2,(H,21,22)(H,23,24)(H3,15,16,17,20);3-4,6,9,19,25-26,31H,1-2H2,(H,21,22)(H,23,24)(H3,14,16,17,20)/t5-,7+,10-,12?;6-,7+,10-,12?;4-,6+,9-,11?/m111/s1. The molecule has 3 fully saturated rings. The Labute approximate surface area is 587 Å². The summed E-state index contributed by atoms with van der Waals surface area (Å²) >= 11 is 18.7. The van der Waals surface area contributed by atoms with Crippen LogP contribution in [-0.4, -0.2) is 214 Å². The maximum Gasteiger partial charge on any atom is 0.488 e. The number of aromatic amines is 3. The van der Waals surface area contributed by atoms with E-state index in [1.54, 1.807) is 0 Å². The summed E-state index contributed by atoms with van der Waals surface area (Å²) in [7, 11) is -40.1. The molecular weight excluding hydrogens is 1730 g/mol. The lowest BCUT2D eigenvalue weighted by molar-refractivity contribution is -0.0438. The quantitative estimate of drug-likeness (QED) is 0.0196. The highest BCUT2D eigenvalue weighted by Gasteiger charge is 2.61. The van der Waals surface area contributed by atoms with E-state index in [-0.39, 0.29) is 34.1 Å². The van der Waals surface area contributed by atoms with Crippen molar-refractivity contribution in [2.45, 2.75) is 69.9 Å². The highest BCUT2D eigenvalue weighted by Crippen LogP contribution is 2.70. The van der Waals surface area contributed by atoms with Gasteiger partial charge in [-0.25, -0.2) is 62.9 Å². The lowest BCUT2D eigenvalue weighted by Crippen LogP contribution is -2.44. The molecule has 0 radical (unpaired) electrons. The van der Waals surface area contributed by atoms with E-state index in [4.69, 9.17) is 95.6 Å². The summed E-state index contributed by atoms with van der Waals surface area (Å²) in [5.74, 6) is -2.14. The van der Waals surface area contributed by atoms with E-state index in [1.807, 2.05) is 0 Å². The predicted octanol–water partition coefficient (Wildman–Crippen LogP) is 1.24. The van der Waals surface area contributed by atoms with Gasteiger partial charge in [-0.15, -0.1) is 34.8 Å². The van der Waals surface area contributed by atoms with Crippen LogP contribution in [0.25, 0.3) is 33.2 Å². The lowest BCUT2D eigenvalue weighted by Gasteiger charge is -2.28. The minimum Gasteiger partial charge on any atom is -0.388 e. The third-order valence-electron chi connectivity index (χ3n) is 13.2. The number of phosphoric ester groups is 3. The summed E-state index contributed by atoms with van der Waals surface area (Å²) in [4.78, 5) is 162.